The molecule has 38 heavy (non-hydrogen) atoms. The van der Waals surface area contributed by atoms with Crippen molar-refractivity contribution in [1.29, 1.82) is 0 Å². The van der Waals surface area contributed by atoms with E-state index < -0.39 is 0 Å². The molecule has 2 aromatic heterocycles. The second-order valence-electron chi connectivity index (χ2n) is 7.55. The molecule has 0 spiro atoms. The molecular weight excluding hydrogens is 508 g/mol. The Hall–Kier alpha value is -4.47. The van der Waals surface area contributed by atoms with E-state index >= 15 is 0 Å². The lowest BCUT2D eigenvalue weighted by atomic mass is 10.1. The largest absolute Gasteiger partial charge is 0.496 e. The average molecular weight is 533 g/mol. The van der Waals surface area contributed by atoms with Gasteiger partial charge in [0.2, 0.25) is 11.6 Å². The van der Waals surface area contributed by atoms with Crippen molar-refractivity contribution in [3.8, 4) is 40.5 Å². The van der Waals surface area contributed by atoms with E-state index in [1.165, 1.54) is 17.9 Å². The minimum atomic E-state index is -0.201. The predicted molar refractivity (Wildman–Crippen MR) is 144 cm³/mol. The molecule has 1 N–H and O–H groups in total. The highest BCUT2D eigenvalue weighted by atomic mass is 35.5. The van der Waals surface area contributed by atoms with Crippen molar-refractivity contribution in [2.45, 2.75) is 0 Å². The molecule has 0 aliphatic heterocycles. The van der Waals surface area contributed by atoms with Gasteiger partial charge in [0.15, 0.2) is 22.5 Å². The number of hydrogen-bond donors (Lipinski definition) is 1. The molecule has 2 heterocycles. The number of rotatable bonds is 8. The van der Waals surface area contributed by atoms with Crippen molar-refractivity contribution >= 4 is 22.4 Å². The Morgan fingerprint density at radius 3 is 2.13 bits per heavy atom. The first-order chi connectivity index (χ1) is 18.6. The molecule has 5 aromatic rings. The minimum Gasteiger partial charge on any atom is -0.496 e. The number of ether oxygens (including phenoxy) is 4. The first-order valence-electron chi connectivity index (χ1n) is 11.6. The van der Waals surface area contributed by atoms with E-state index in [0.29, 0.717) is 11.5 Å². The van der Waals surface area contributed by atoms with Crippen molar-refractivity contribution < 1.29 is 24.1 Å². The van der Waals surface area contributed by atoms with Crippen LogP contribution in [0.5, 0.6) is 28.9 Å². The number of benzene rings is 3. The molecule has 5 rings (SSSR count). The number of hydrogen-bond acceptors (Lipinski definition) is 9. The van der Waals surface area contributed by atoms with E-state index in [2.05, 4.69) is 38.1 Å². The van der Waals surface area contributed by atoms with Crippen LogP contribution in [0.2, 0.25) is 5.15 Å². The second kappa shape index (κ2) is 13.2. The minimum absolute atomic E-state index is 0.00468. The van der Waals surface area contributed by atoms with Crippen molar-refractivity contribution in [3.05, 3.63) is 90.3 Å². The number of nitrogens with zero attached hydrogens (tertiary/aromatic N) is 4. The third kappa shape index (κ3) is 6.44. The number of aliphatic hydroxyl groups is 1. The van der Waals surface area contributed by atoms with Gasteiger partial charge in [-0.25, -0.2) is 15.0 Å². The topological polar surface area (TPSA) is 109 Å². The molecule has 194 valence electrons. The maximum Gasteiger partial charge on any atom is 0.263 e. The maximum absolute atomic E-state index is 9.06. The molecule has 0 amide bonds. The van der Waals surface area contributed by atoms with Crippen LogP contribution in [0.25, 0.3) is 22.4 Å². The van der Waals surface area contributed by atoms with Gasteiger partial charge in [-0.15, -0.1) is 0 Å². The summed E-state index contributed by atoms with van der Waals surface area (Å²) in [6, 6.07) is 23.0. The fourth-order valence-corrected chi connectivity index (χ4v) is 3.63. The zero-order chi connectivity index (χ0) is 26.7. The summed E-state index contributed by atoms with van der Waals surface area (Å²) in [6.45, 7) is -0.197. The Morgan fingerprint density at radius 1 is 0.737 bits per heavy atom. The summed E-state index contributed by atoms with van der Waals surface area (Å²) >= 11 is 6.29. The predicted octanol–water partition coefficient (Wildman–Crippen LogP) is 5.61. The summed E-state index contributed by atoms with van der Waals surface area (Å²) in [7, 11) is 3.22. The number of methoxy groups -OCH3 is 2. The molecule has 0 bridgehead atoms. The second-order valence-corrected chi connectivity index (χ2v) is 7.91. The Balaban J connectivity index is 0.000000232. The monoisotopic (exact) mass is 532 g/mol. The summed E-state index contributed by atoms with van der Waals surface area (Å²) in [5, 5.41) is 11.5. The van der Waals surface area contributed by atoms with Crippen LogP contribution in [-0.2, 0) is 0 Å². The summed E-state index contributed by atoms with van der Waals surface area (Å²) in [5.74, 6) is 2.48. The highest BCUT2D eigenvalue weighted by Crippen LogP contribution is 2.40. The fourth-order valence-electron chi connectivity index (χ4n) is 3.43. The zero-order valence-corrected chi connectivity index (χ0v) is 21.5. The van der Waals surface area contributed by atoms with Crippen LogP contribution < -0.4 is 18.9 Å². The smallest absolute Gasteiger partial charge is 0.263 e. The van der Waals surface area contributed by atoms with Crippen LogP contribution in [0, 0.1) is 0 Å². The third-order valence-electron chi connectivity index (χ3n) is 5.14. The molecule has 3 aromatic carbocycles. The average Bonchev–Trinajstić information content (AvgIpc) is 2.98. The quantitative estimate of drug-likeness (QED) is 0.255. The standard InChI is InChI=1S/C17H15ClN4O4.C11H10O/c1-24-11-5-2-3-6-12(11)26-13-14(18)21-16(15-19-7-4-8-20-15)22-17(13)25-10-9-23;1-12-11-8-4-6-9-5-2-3-7-10(9)11/h2-8,23H,9-10H2,1H3;2-8H,1H3. The summed E-state index contributed by atoms with van der Waals surface area (Å²) in [6.07, 6.45) is 3.13. The molecular formula is C28H25ClN4O5. The summed E-state index contributed by atoms with van der Waals surface area (Å²) in [4.78, 5) is 16.6. The maximum atomic E-state index is 9.06. The SMILES string of the molecule is COc1cccc2ccccc12.COc1ccccc1Oc1c(Cl)nc(-c2ncccn2)nc1OCCO. The van der Waals surface area contributed by atoms with E-state index in [1.54, 1.807) is 43.8 Å². The van der Waals surface area contributed by atoms with Gasteiger partial charge >= 0.3 is 0 Å². The molecule has 10 heteroatoms. The molecule has 0 fully saturated rings. The van der Waals surface area contributed by atoms with E-state index in [4.69, 9.17) is 35.7 Å². The van der Waals surface area contributed by atoms with Crippen LogP contribution in [0.3, 0.4) is 0 Å². The number of aliphatic hydroxyl groups excluding tert-OH is 1. The van der Waals surface area contributed by atoms with Crippen LogP contribution in [0.15, 0.2) is 85.2 Å². The Morgan fingerprint density at radius 2 is 1.39 bits per heavy atom. The summed E-state index contributed by atoms with van der Waals surface area (Å²) in [5.41, 5.74) is 0. The lowest BCUT2D eigenvalue weighted by molar-refractivity contribution is 0.192. The number of para-hydroxylation sites is 2. The number of halogens is 1. The van der Waals surface area contributed by atoms with Crippen LogP contribution in [0.1, 0.15) is 0 Å². The molecule has 0 saturated heterocycles. The normalized spacial score (nSPS) is 10.3. The third-order valence-corrected chi connectivity index (χ3v) is 5.40. The van der Waals surface area contributed by atoms with E-state index in [1.807, 2.05) is 30.3 Å². The van der Waals surface area contributed by atoms with Crippen molar-refractivity contribution in [1.82, 2.24) is 19.9 Å². The highest BCUT2D eigenvalue weighted by molar-refractivity contribution is 6.31. The first kappa shape index (κ1) is 26.6. The summed E-state index contributed by atoms with van der Waals surface area (Å²) < 4.78 is 21.8. The molecule has 0 saturated carbocycles. The Kier molecular flexibility index (Phi) is 9.22. The molecule has 0 aliphatic rings. The van der Waals surface area contributed by atoms with Gasteiger partial charge in [0, 0.05) is 17.8 Å². The lowest BCUT2D eigenvalue weighted by Gasteiger charge is -2.14. The zero-order valence-electron chi connectivity index (χ0n) is 20.7. The Labute approximate surface area is 224 Å². The fraction of sp³-hybridized carbons (Fsp3) is 0.143. The molecule has 0 aliphatic carbocycles. The molecule has 0 unspecified atom stereocenters. The van der Waals surface area contributed by atoms with Gasteiger partial charge < -0.3 is 24.1 Å². The Bertz CT molecular complexity index is 1480. The van der Waals surface area contributed by atoms with Crippen molar-refractivity contribution in [2.75, 3.05) is 27.4 Å². The van der Waals surface area contributed by atoms with Crippen LogP contribution in [-0.4, -0.2) is 52.5 Å². The van der Waals surface area contributed by atoms with Gasteiger partial charge in [-0.3, -0.25) is 0 Å². The van der Waals surface area contributed by atoms with E-state index in [0.717, 1.165) is 5.75 Å². The van der Waals surface area contributed by atoms with E-state index in [9.17, 15) is 0 Å². The number of fused-ring (bicyclic) bond motifs is 1. The van der Waals surface area contributed by atoms with Crippen molar-refractivity contribution in [3.63, 3.8) is 0 Å². The lowest BCUT2D eigenvalue weighted by Crippen LogP contribution is -2.07. The highest BCUT2D eigenvalue weighted by Gasteiger charge is 2.20. The van der Waals surface area contributed by atoms with E-state index in [-0.39, 0.29) is 41.6 Å². The van der Waals surface area contributed by atoms with Gasteiger partial charge in [0.25, 0.3) is 5.88 Å². The van der Waals surface area contributed by atoms with Gasteiger partial charge in [-0.05, 0) is 29.7 Å². The van der Waals surface area contributed by atoms with Crippen molar-refractivity contribution in [2.24, 2.45) is 0 Å². The van der Waals surface area contributed by atoms with Gasteiger partial charge in [0.1, 0.15) is 12.4 Å². The molecule has 9 nitrogen and oxygen atoms in total. The molecule has 0 radical (unpaired) electrons. The molecule has 0 atom stereocenters. The van der Waals surface area contributed by atoms with Crippen LogP contribution in [0.4, 0.5) is 0 Å². The van der Waals surface area contributed by atoms with Gasteiger partial charge in [-0.1, -0.05) is 60.1 Å². The van der Waals surface area contributed by atoms with Gasteiger partial charge in [0.05, 0.1) is 20.8 Å². The first-order valence-corrected chi connectivity index (χ1v) is 11.9. The van der Waals surface area contributed by atoms with Crippen LogP contribution >= 0.6 is 11.6 Å². The van der Waals surface area contributed by atoms with Gasteiger partial charge in [-0.2, -0.15) is 4.98 Å². The number of aromatic nitrogens is 4.